The SMILES string of the molecule is c1ccc2cc(C3=C4CCN(CC4)C3)ncc2c1. The van der Waals surface area contributed by atoms with Crippen molar-refractivity contribution >= 4 is 16.3 Å². The molecule has 1 aromatic heterocycles. The summed E-state index contributed by atoms with van der Waals surface area (Å²) in [4.78, 5) is 7.21. The van der Waals surface area contributed by atoms with Gasteiger partial charge in [-0.05, 0) is 29.9 Å². The fourth-order valence-corrected chi connectivity index (χ4v) is 3.13. The van der Waals surface area contributed by atoms with Crippen molar-refractivity contribution in [2.24, 2.45) is 0 Å². The maximum Gasteiger partial charge on any atom is 0.0680 e. The number of hydrogen-bond acceptors (Lipinski definition) is 2. The van der Waals surface area contributed by atoms with Gasteiger partial charge in [0.25, 0.3) is 0 Å². The zero-order valence-corrected chi connectivity index (χ0v) is 10.4. The summed E-state index contributed by atoms with van der Waals surface area (Å²) in [6.45, 7) is 3.58. The van der Waals surface area contributed by atoms with Crippen LogP contribution in [0.15, 0.2) is 42.1 Å². The first-order chi connectivity index (χ1) is 8.90. The van der Waals surface area contributed by atoms with E-state index in [1.165, 1.54) is 48.0 Å². The van der Waals surface area contributed by atoms with Gasteiger partial charge in [-0.25, -0.2) is 0 Å². The van der Waals surface area contributed by atoms with Gasteiger partial charge in [0, 0.05) is 31.2 Å². The Hall–Kier alpha value is -1.67. The molecule has 0 spiro atoms. The van der Waals surface area contributed by atoms with Crippen LogP contribution >= 0.6 is 0 Å². The van der Waals surface area contributed by atoms with E-state index in [1.54, 1.807) is 5.57 Å². The second kappa shape index (κ2) is 3.92. The van der Waals surface area contributed by atoms with Crippen LogP contribution < -0.4 is 0 Å². The molecular formula is C16H16N2. The molecule has 1 aromatic carbocycles. The van der Waals surface area contributed by atoms with Crippen molar-refractivity contribution in [2.75, 3.05) is 19.6 Å². The lowest BCUT2D eigenvalue weighted by molar-refractivity contribution is 0.268. The summed E-state index contributed by atoms with van der Waals surface area (Å²) in [5.41, 5.74) is 4.31. The van der Waals surface area contributed by atoms with E-state index in [9.17, 15) is 0 Å². The van der Waals surface area contributed by atoms with Crippen molar-refractivity contribution in [3.8, 4) is 0 Å². The maximum absolute atomic E-state index is 4.66. The molecule has 2 nitrogen and oxygen atoms in total. The largest absolute Gasteiger partial charge is 0.298 e. The van der Waals surface area contributed by atoms with E-state index in [2.05, 4.69) is 40.2 Å². The van der Waals surface area contributed by atoms with Gasteiger partial charge in [0.1, 0.15) is 0 Å². The van der Waals surface area contributed by atoms with Crippen molar-refractivity contribution in [2.45, 2.75) is 12.8 Å². The van der Waals surface area contributed by atoms with Gasteiger partial charge < -0.3 is 0 Å². The van der Waals surface area contributed by atoms with Crippen LogP contribution in [-0.4, -0.2) is 29.5 Å². The fraction of sp³-hybridized carbons (Fsp3) is 0.312. The molecular weight excluding hydrogens is 220 g/mol. The van der Waals surface area contributed by atoms with Crippen molar-refractivity contribution in [3.63, 3.8) is 0 Å². The van der Waals surface area contributed by atoms with Crippen LogP contribution in [0.5, 0.6) is 0 Å². The molecule has 2 bridgehead atoms. The lowest BCUT2D eigenvalue weighted by Crippen LogP contribution is -2.37. The van der Waals surface area contributed by atoms with E-state index in [4.69, 9.17) is 0 Å². The smallest absolute Gasteiger partial charge is 0.0680 e. The first kappa shape index (κ1) is 10.3. The molecule has 3 aliphatic heterocycles. The number of fused-ring (bicyclic) bond motifs is 4. The van der Waals surface area contributed by atoms with E-state index in [-0.39, 0.29) is 0 Å². The summed E-state index contributed by atoms with van der Waals surface area (Å²) in [6.07, 6.45) is 4.49. The van der Waals surface area contributed by atoms with Gasteiger partial charge >= 0.3 is 0 Å². The van der Waals surface area contributed by atoms with Gasteiger partial charge in [-0.15, -0.1) is 0 Å². The predicted molar refractivity (Wildman–Crippen MR) is 74.3 cm³/mol. The highest BCUT2D eigenvalue weighted by molar-refractivity contribution is 5.85. The van der Waals surface area contributed by atoms with Crippen LogP contribution in [0.4, 0.5) is 0 Å². The van der Waals surface area contributed by atoms with Crippen LogP contribution in [0, 0.1) is 0 Å². The molecule has 0 radical (unpaired) electrons. The monoisotopic (exact) mass is 236 g/mol. The molecule has 2 heteroatoms. The van der Waals surface area contributed by atoms with Crippen molar-refractivity contribution in [1.82, 2.24) is 9.88 Å². The Morgan fingerprint density at radius 1 is 1.00 bits per heavy atom. The quantitative estimate of drug-likeness (QED) is 0.756. The van der Waals surface area contributed by atoms with E-state index in [0.717, 1.165) is 6.54 Å². The number of hydrogen-bond donors (Lipinski definition) is 0. The summed E-state index contributed by atoms with van der Waals surface area (Å²) >= 11 is 0. The molecule has 0 unspecified atom stereocenters. The minimum Gasteiger partial charge on any atom is -0.298 e. The van der Waals surface area contributed by atoms with Crippen LogP contribution in [0.3, 0.4) is 0 Å². The van der Waals surface area contributed by atoms with Crippen LogP contribution in [0.25, 0.3) is 16.3 Å². The summed E-state index contributed by atoms with van der Waals surface area (Å²) in [7, 11) is 0. The predicted octanol–water partition coefficient (Wildman–Crippen LogP) is 3.10. The standard InChI is InChI=1S/C16H16N2/c1-2-4-14-10-17-16(9-13(14)3-1)15-11-18-7-5-12(15)6-8-18/h1-4,9-10H,5-8,11H2. The minimum atomic E-state index is 1.10. The van der Waals surface area contributed by atoms with Gasteiger partial charge in [-0.2, -0.15) is 0 Å². The third-order valence-electron chi connectivity index (χ3n) is 4.21. The Bertz CT molecular complexity index is 632. The van der Waals surface area contributed by atoms with E-state index >= 15 is 0 Å². The average Bonchev–Trinajstić information content (AvgIpc) is 2.48. The molecule has 18 heavy (non-hydrogen) atoms. The molecule has 0 atom stereocenters. The Balaban J connectivity index is 1.85. The van der Waals surface area contributed by atoms with Gasteiger partial charge in [0.15, 0.2) is 0 Å². The molecule has 2 aromatic rings. The number of nitrogens with zero attached hydrogens (tertiary/aromatic N) is 2. The molecule has 1 saturated heterocycles. The Kier molecular flexibility index (Phi) is 2.24. The highest BCUT2D eigenvalue weighted by Crippen LogP contribution is 2.33. The Morgan fingerprint density at radius 3 is 2.50 bits per heavy atom. The number of benzene rings is 1. The lowest BCUT2D eigenvalue weighted by Gasteiger charge is -2.36. The molecule has 0 aliphatic carbocycles. The zero-order chi connectivity index (χ0) is 11.9. The molecule has 90 valence electrons. The normalized spacial score (nSPS) is 19.8. The van der Waals surface area contributed by atoms with Crippen LogP contribution in [0.1, 0.15) is 18.5 Å². The van der Waals surface area contributed by atoms with Gasteiger partial charge in [-0.1, -0.05) is 29.8 Å². The van der Waals surface area contributed by atoms with E-state index in [1.807, 2.05) is 6.20 Å². The van der Waals surface area contributed by atoms with Gasteiger partial charge in [0.2, 0.25) is 0 Å². The van der Waals surface area contributed by atoms with Crippen molar-refractivity contribution in [3.05, 3.63) is 47.8 Å². The maximum atomic E-state index is 4.66. The Morgan fingerprint density at radius 2 is 1.78 bits per heavy atom. The molecule has 1 fully saturated rings. The van der Waals surface area contributed by atoms with Crippen LogP contribution in [0.2, 0.25) is 0 Å². The average molecular weight is 236 g/mol. The van der Waals surface area contributed by atoms with Crippen LogP contribution in [-0.2, 0) is 0 Å². The second-order valence-corrected chi connectivity index (χ2v) is 5.27. The summed E-state index contributed by atoms with van der Waals surface area (Å²) in [5.74, 6) is 0. The third kappa shape index (κ3) is 1.57. The fourth-order valence-electron chi connectivity index (χ4n) is 3.13. The van der Waals surface area contributed by atoms with Crippen molar-refractivity contribution < 1.29 is 0 Å². The number of aromatic nitrogens is 1. The molecule has 3 aliphatic rings. The van der Waals surface area contributed by atoms with Gasteiger partial charge in [0.05, 0.1) is 5.69 Å². The summed E-state index contributed by atoms with van der Waals surface area (Å²) in [5, 5.41) is 2.53. The summed E-state index contributed by atoms with van der Waals surface area (Å²) in [6, 6.07) is 10.7. The lowest BCUT2D eigenvalue weighted by atomic mass is 9.90. The number of rotatable bonds is 1. The zero-order valence-electron chi connectivity index (χ0n) is 10.4. The molecule has 0 amide bonds. The minimum absolute atomic E-state index is 1.10. The summed E-state index contributed by atoms with van der Waals surface area (Å²) < 4.78 is 0. The number of pyridine rings is 1. The van der Waals surface area contributed by atoms with E-state index < -0.39 is 0 Å². The number of piperidine rings is 1. The molecule has 4 heterocycles. The van der Waals surface area contributed by atoms with Gasteiger partial charge in [-0.3, -0.25) is 9.88 Å². The first-order valence-electron chi connectivity index (χ1n) is 6.68. The highest BCUT2D eigenvalue weighted by atomic mass is 15.1. The molecule has 5 rings (SSSR count). The van der Waals surface area contributed by atoms with Crippen molar-refractivity contribution in [1.29, 1.82) is 0 Å². The topological polar surface area (TPSA) is 16.1 Å². The molecule has 0 saturated carbocycles. The van der Waals surface area contributed by atoms with E-state index in [0.29, 0.717) is 0 Å². The highest BCUT2D eigenvalue weighted by Gasteiger charge is 2.25. The Labute approximate surface area is 107 Å². The third-order valence-corrected chi connectivity index (χ3v) is 4.21. The molecule has 0 N–H and O–H groups in total. The first-order valence-corrected chi connectivity index (χ1v) is 6.68. The second-order valence-electron chi connectivity index (χ2n) is 5.27.